The maximum atomic E-state index is 11.6. The average molecular weight is 292 g/mol. The van der Waals surface area contributed by atoms with Gasteiger partial charge in [0.15, 0.2) is 0 Å². The summed E-state index contributed by atoms with van der Waals surface area (Å²) < 4.78 is 4.80. The van der Waals surface area contributed by atoms with Crippen molar-refractivity contribution >= 4 is 11.7 Å². The van der Waals surface area contributed by atoms with Gasteiger partial charge in [0.25, 0.3) is 0 Å². The number of methoxy groups -OCH3 is 1. The number of fused-ring (bicyclic) bond motifs is 1. The van der Waals surface area contributed by atoms with Gasteiger partial charge in [-0.25, -0.2) is 0 Å². The van der Waals surface area contributed by atoms with E-state index in [1.165, 1.54) is 7.11 Å². The van der Waals surface area contributed by atoms with Crippen molar-refractivity contribution in [2.24, 2.45) is 0 Å². The Morgan fingerprint density at radius 2 is 2.24 bits per heavy atom. The van der Waals surface area contributed by atoms with E-state index >= 15 is 0 Å². The molecule has 0 fully saturated rings. The number of rotatable bonds is 2. The summed E-state index contributed by atoms with van der Waals surface area (Å²) in [6.45, 7) is 2.98. The van der Waals surface area contributed by atoms with E-state index in [4.69, 9.17) is 4.74 Å². The largest absolute Gasteiger partial charge is 0.468 e. The molecule has 1 N–H and O–H groups in total. The normalized spacial score (nSPS) is 19.8. The summed E-state index contributed by atoms with van der Waals surface area (Å²) >= 11 is 0. The van der Waals surface area contributed by atoms with Gasteiger partial charge in [-0.15, -0.1) is 0 Å². The molecule has 0 amide bonds. The van der Waals surface area contributed by atoms with Crippen molar-refractivity contribution in [3.05, 3.63) is 23.5 Å². The number of carbonyl (C=O) groups is 1. The van der Waals surface area contributed by atoms with Crippen LogP contribution in [0, 0.1) is 6.92 Å². The smallest absolute Gasteiger partial charge is 0.325 e. The first-order chi connectivity index (χ1) is 10.1. The second-order valence-corrected chi connectivity index (χ2v) is 5.60. The lowest BCUT2D eigenvalue weighted by atomic mass is 10.0. The number of aromatic nitrogens is 1. The highest BCUT2D eigenvalue weighted by Crippen LogP contribution is 2.24. The highest BCUT2D eigenvalue weighted by atomic mass is 16.5. The fraction of sp³-hybridized carbons (Fsp3) is 0.625. The van der Waals surface area contributed by atoms with E-state index < -0.39 is 0 Å². The zero-order valence-electron chi connectivity index (χ0n) is 12.8. The number of carbonyl (C=O) groups excluding carboxylic acids is 1. The van der Waals surface area contributed by atoms with E-state index in [2.05, 4.69) is 4.98 Å². The summed E-state index contributed by atoms with van der Waals surface area (Å²) in [6.07, 6.45) is 3.92. The van der Waals surface area contributed by atoms with Gasteiger partial charge in [-0.2, -0.15) is 0 Å². The SMILES string of the molecule is COC(=O)CN1CCCC[C@@H](O)CCc2nc(C)ccc21. The van der Waals surface area contributed by atoms with Crippen LogP contribution in [0.4, 0.5) is 5.69 Å². The Morgan fingerprint density at radius 3 is 3.00 bits per heavy atom. The third-order valence-electron chi connectivity index (χ3n) is 3.91. The van der Waals surface area contributed by atoms with E-state index in [0.717, 1.165) is 55.7 Å². The molecule has 5 heteroatoms. The van der Waals surface area contributed by atoms with E-state index in [-0.39, 0.29) is 18.6 Å². The van der Waals surface area contributed by atoms with Gasteiger partial charge < -0.3 is 14.7 Å². The van der Waals surface area contributed by atoms with E-state index in [1.54, 1.807) is 0 Å². The number of hydrogen-bond acceptors (Lipinski definition) is 5. The fourth-order valence-corrected chi connectivity index (χ4v) is 2.71. The van der Waals surface area contributed by atoms with Crippen molar-refractivity contribution in [2.45, 2.75) is 45.1 Å². The van der Waals surface area contributed by atoms with Crippen LogP contribution in [0.15, 0.2) is 12.1 Å². The molecule has 1 atom stereocenters. The number of aliphatic hydroxyl groups is 1. The lowest BCUT2D eigenvalue weighted by Crippen LogP contribution is -2.33. The van der Waals surface area contributed by atoms with E-state index in [9.17, 15) is 9.90 Å². The minimum Gasteiger partial charge on any atom is -0.468 e. The molecule has 1 aromatic heterocycles. The van der Waals surface area contributed by atoms with Gasteiger partial charge in [0.05, 0.1) is 24.6 Å². The molecule has 0 unspecified atom stereocenters. The molecule has 1 aliphatic heterocycles. The van der Waals surface area contributed by atoms with Gasteiger partial charge in [-0.3, -0.25) is 9.78 Å². The van der Waals surface area contributed by atoms with Crippen LogP contribution in [-0.2, 0) is 16.0 Å². The van der Waals surface area contributed by atoms with Crippen LogP contribution in [0.5, 0.6) is 0 Å². The number of pyridine rings is 1. The Bertz CT molecular complexity index is 490. The van der Waals surface area contributed by atoms with Crippen LogP contribution in [0.1, 0.15) is 37.1 Å². The van der Waals surface area contributed by atoms with Crippen molar-refractivity contribution in [1.82, 2.24) is 4.98 Å². The van der Waals surface area contributed by atoms with Crippen LogP contribution in [0.2, 0.25) is 0 Å². The summed E-state index contributed by atoms with van der Waals surface area (Å²) in [4.78, 5) is 18.3. The van der Waals surface area contributed by atoms with Crippen molar-refractivity contribution in [2.75, 3.05) is 25.1 Å². The standard InChI is InChI=1S/C16H24N2O3/c1-12-6-9-15-14(17-12)8-7-13(19)5-3-4-10-18(15)11-16(20)21-2/h6,9,13,19H,3-5,7-8,10-11H2,1-2H3/t13-/m1/s1. The van der Waals surface area contributed by atoms with Crippen LogP contribution in [-0.4, -0.2) is 42.4 Å². The third-order valence-corrected chi connectivity index (χ3v) is 3.91. The topological polar surface area (TPSA) is 62.7 Å². The summed E-state index contributed by atoms with van der Waals surface area (Å²) in [6, 6.07) is 3.99. The van der Waals surface area contributed by atoms with Gasteiger partial charge in [0.2, 0.25) is 0 Å². The Labute approximate surface area is 125 Å². The Hall–Kier alpha value is -1.62. The van der Waals surface area contributed by atoms with Crippen LogP contribution in [0.25, 0.3) is 0 Å². The Kier molecular flexibility index (Phi) is 5.56. The zero-order valence-corrected chi connectivity index (χ0v) is 12.8. The highest BCUT2D eigenvalue weighted by molar-refractivity contribution is 5.76. The molecule has 0 aromatic carbocycles. The summed E-state index contributed by atoms with van der Waals surface area (Å²) in [5, 5.41) is 9.96. The quantitative estimate of drug-likeness (QED) is 0.843. The number of hydrogen-bond donors (Lipinski definition) is 1. The molecule has 1 aliphatic rings. The predicted molar refractivity (Wildman–Crippen MR) is 81.4 cm³/mol. The molecule has 1 aromatic rings. The highest BCUT2D eigenvalue weighted by Gasteiger charge is 2.18. The molecule has 2 heterocycles. The second-order valence-electron chi connectivity index (χ2n) is 5.60. The minimum atomic E-state index is -0.257. The minimum absolute atomic E-state index is 0.237. The fourth-order valence-electron chi connectivity index (χ4n) is 2.71. The van der Waals surface area contributed by atoms with E-state index in [1.807, 2.05) is 24.0 Å². The van der Waals surface area contributed by atoms with Crippen LogP contribution < -0.4 is 4.90 Å². The average Bonchev–Trinajstić information content (AvgIpc) is 2.48. The van der Waals surface area contributed by atoms with Crippen LogP contribution >= 0.6 is 0 Å². The molecule has 0 saturated heterocycles. The molecule has 21 heavy (non-hydrogen) atoms. The predicted octanol–water partition coefficient (Wildman–Crippen LogP) is 1.85. The van der Waals surface area contributed by atoms with Crippen molar-refractivity contribution in [3.8, 4) is 0 Å². The molecule has 5 nitrogen and oxygen atoms in total. The van der Waals surface area contributed by atoms with Gasteiger partial charge in [0.1, 0.15) is 6.54 Å². The van der Waals surface area contributed by atoms with E-state index in [0.29, 0.717) is 0 Å². The number of esters is 1. The molecule has 0 bridgehead atoms. The number of ether oxygens (including phenoxy) is 1. The van der Waals surface area contributed by atoms with Crippen molar-refractivity contribution < 1.29 is 14.6 Å². The molecule has 0 aliphatic carbocycles. The Balaban J connectivity index is 2.28. The van der Waals surface area contributed by atoms with Crippen molar-refractivity contribution in [3.63, 3.8) is 0 Å². The summed E-state index contributed by atoms with van der Waals surface area (Å²) in [7, 11) is 1.41. The van der Waals surface area contributed by atoms with Crippen LogP contribution in [0.3, 0.4) is 0 Å². The first-order valence-corrected chi connectivity index (χ1v) is 7.56. The first kappa shape index (κ1) is 15.8. The number of nitrogens with zero attached hydrogens (tertiary/aromatic N) is 2. The van der Waals surface area contributed by atoms with Crippen molar-refractivity contribution in [1.29, 1.82) is 0 Å². The van der Waals surface area contributed by atoms with Gasteiger partial charge in [0, 0.05) is 12.2 Å². The van der Waals surface area contributed by atoms with Gasteiger partial charge in [-0.05, 0) is 51.2 Å². The zero-order chi connectivity index (χ0) is 15.2. The molecule has 116 valence electrons. The lowest BCUT2D eigenvalue weighted by Gasteiger charge is -2.27. The molecular formula is C16H24N2O3. The maximum absolute atomic E-state index is 11.6. The summed E-state index contributed by atoms with van der Waals surface area (Å²) in [5.74, 6) is -0.237. The first-order valence-electron chi connectivity index (χ1n) is 7.56. The number of aryl methyl sites for hydroxylation is 2. The molecule has 0 saturated carbocycles. The van der Waals surface area contributed by atoms with Gasteiger partial charge >= 0.3 is 5.97 Å². The molecule has 0 spiro atoms. The summed E-state index contributed by atoms with van der Waals surface area (Å²) in [5.41, 5.74) is 2.90. The third kappa shape index (κ3) is 4.43. The Morgan fingerprint density at radius 1 is 1.43 bits per heavy atom. The monoisotopic (exact) mass is 292 g/mol. The number of anilines is 1. The molecule has 2 rings (SSSR count). The molecule has 0 radical (unpaired) electrons. The lowest BCUT2D eigenvalue weighted by molar-refractivity contribution is -0.138. The number of aliphatic hydroxyl groups excluding tert-OH is 1. The van der Waals surface area contributed by atoms with Gasteiger partial charge in [-0.1, -0.05) is 0 Å². The second kappa shape index (κ2) is 7.41. The molecular weight excluding hydrogens is 268 g/mol. The maximum Gasteiger partial charge on any atom is 0.325 e.